The van der Waals surface area contributed by atoms with Crippen LogP contribution in [0, 0.1) is 11.3 Å². The second kappa shape index (κ2) is 7.31. The van der Waals surface area contributed by atoms with Crippen molar-refractivity contribution in [3.8, 4) is 6.07 Å². The molecular formula is C21H20N4O3. The molecule has 142 valence electrons. The molecule has 0 fully saturated rings. The van der Waals surface area contributed by atoms with Gasteiger partial charge in [0.05, 0.1) is 0 Å². The maximum Gasteiger partial charge on any atom is 0.331 e. The number of aromatic nitrogens is 2. The zero-order chi connectivity index (χ0) is 19.7. The maximum absolute atomic E-state index is 12.7. The van der Waals surface area contributed by atoms with Gasteiger partial charge in [-0.3, -0.25) is 14.2 Å². The zero-order valence-corrected chi connectivity index (χ0v) is 15.4. The number of carbonyl (C=O) groups is 1. The Morgan fingerprint density at radius 1 is 1.11 bits per heavy atom. The maximum atomic E-state index is 12.7. The fourth-order valence-electron chi connectivity index (χ4n) is 3.93. The Labute approximate surface area is 161 Å². The third kappa shape index (κ3) is 3.07. The van der Waals surface area contributed by atoms with Crippen molar-refractivity contribution in [3.05, 3.63) is 74.1 Å². The van der Waals surface area contributed by atoms with E-state index >= 15 is 0 Å². The van der Waals surface area contributed by atoms with Crippen LogP contribution in [-0.4, -0.2) is 33.0 Å². The number of nitriles is 1. The van der Waals surface area contributed by atoms with Gasteiger partial charge in [-0.05, 0) is 30.4 Å². The molecule has 3 heterocycles. The Balaban J connectivity index is 1.56. The molecule has 0 spiro atoms. The first-order valence-corrected chi connectivity index (χ1v) is 9.39. The van der Waals surface area contributed by atoms with Crippen molar-refractivity contribution < 1.29 is 4.79 Å². The highest BCUT2D eigenvalue weighted by Crippen LogP contribution is 2.22. The molecule has 0 atom stereocenters. The lowest BCUT2D eigenvalue weighted by Crippen LogP contribution is -2.46. The number of fused-ring (bicyclic) bond motifs is 1. The van der Waals surface area contributed by atoms with Gasteiger partial charge in [0.1, 0.15) is 18.2 Å². The Bertz CT molecular complexity index is 1120. The van der Waals surface area contributed by atoms with Gasteiger partial charge in [0.25, 0.3) is 5.56 Å². The van der Waals surface area contributed by atoms with Crippen molar-refractivity contribution in [2.24, 2.45) is 0 Å². The van der Waals surface area contributed by atoms with Gasteiger partial charge < -0.3 is 4.90 Å². The van der Waals surface area contributed by atoms with Crippen LogP contribution in [0.1, 0.15) is 29.7 Å². The molecule has 7 heteroatoms. The highest BCUT2D eigenvalue weighted by Gasteiger charge is 2.25. The van der Waals surface area contributed by atoms with Gasteiger partial charge in [0.2, 0.25) is 5.91 Å². The minimum Gasteiger partial charge on any atom is -0.337 e. The standard InChI is InChI=1S/C21H20N4O3/c22-13-17-18-7-4-10-24(18)21(28)25(20(17)27)14-19(26)23-11-8-16(9-12-23)15-5-2-1-3-6-15/h1-3,5-6,8H,4,7,9-12,14H2. The summed E-state index contributed by atoms with van der Waals surface area (Å²) in [7, 11) is 0. The van der Waals surface area contributed by atoms with Crippen molar-refractivity contribution >= 4 is 11.5 Å². The molecule has 0 radical (unpaired) electrons. The highest BCUT2D eigenvalue weighted by molar-refractivity contribution is 5.78. The molecule has 28 heavy (non-hydrogen) atoms. The van der Waals surface area contributed by atoms with Crippen LogP contribution < -0.4 is 11.2 Å². The molecule has 0 aliphatic carbocycles. The molecule has 1 amide bonds. The van der Waals surface area contributed by atoms with Gasteiger partial charge >= 0.3 is 5.69 Å². The zero-order valence-electron chi connectivity index (χ0n) is 15.4. The summed E-state index contributed by atoms with van der Waals surface area (Å²) in [6.07, 6.45) is 3.99. The summed E-state index contributed by atoms with van der Waals surface area (Å²) in [5, 5.41) is 9.34. The lowest BCUT2D eigenvalue weighted by atomic mass is 9.99. The van der Waals surface area contributed by atoms with E-state index in [-0.39, 0.29) is 18.0 Å². The van der Waals surface area contributed by atoms with E-state index in [1.165, 1.54) is 10.1 Å². The number of hydrogen-bond acceptors (Lipinski definition) is 4. The van der Waals surface area contributed by atoms with Crippen LogP contribution in [0.25, 0.3) is 5.57 Å². The second-order valence-electron chi connectivity index (χ2n) is 7.05. The summed E-state index contributed by atoms with van der Waals surface area (Å²) in [5.74, 6) is -0.287. The largest absolute Gasteiger partial charge is 0.337 e. The smallest absolute Gasteiger partial charge is 0.331 e. The van der Waals surface area contributed by atoms with Crippen LogP contribution in [-0.2, 0) is 24.3 Å². The van der Waals surface area contributed by atoms with Gasteiger partial charge in [-0.25, -0.2) is 9.36 Å². The SMILES string of the molecule is N#Cc1c2n(c(=O)n(CC(=O)N3CC=C(c4ccccc4)CC3)c1=O)CCC2. The molecule has 2 aliphatic rings. The fraction of sp³-hybridized carbons (Fsp3) is 0.333. The first-order chi connectivity index (χ1) is 13.6. The molecular weight excluding hydrogens is 356 g/mol. The minimum absolute atomic E-state index is 0.0187. The van der Waals surface area contributed by atoms with Crippen molar-refractivity contribution in [2.75, 3.05) is 13.1 Å². The number of hydrogen-bond donors (Lipinski definition) is 0. The Hall–Kier alpha value is -3.40. The highest BCUT2D eigenvalue weighted by atomic mass is 16.2. The summed E-state index contributed by atoms with van der Waals surface area (Å²) in [6, 6.07) is 11.9. The lowest BCUT2D eigenvalue weighted by molar-refractivity contribution is -0.131. The molecule has 0 unspecified atom stereocenters. The van der Waals surface area contributed by atoms with Crippen LogP contribution in [0.5, 0.6) is 0 Å². The van der Waals surface area contributed by atoms with Crippen LogP contribution in [0.2, 0.25) is 0 Å². The van der Waals surface area contributed by atoms with Gasteiger partial charge in [-0.15, -0.1) is 0 Å². The lowest BCUT2D eigenvalue weighted by Gasteiger charge is -2.27. The molecule has 1 aromatic heterocycles. The predicted molar refractivity (Wildman–Crippen MR) is 104 cm³/mol. The average molecular weight is 376 g/mol. The molecule has 0 bridgehead atoms. The van der Waals surface area contributed by atoms with Crippen molar-refractivity contribution in [2.45, 2.75) is 32.4 Å². The minimum atomic E-state index is -0.661. The Morgan fingerprint density at radius 3 is 2.57 bits per heavy atom. The van der Waals surface area contributed by atoms with E-state index < -0.39 is 11.2 Å². The van der Waals surface area contributed by atoms with Gasteiger partial charge in [0, 0.05) is 25.3 Å². The molecule has 2 aliphatic heterocycles. The average Bonchev–Trinajstić information content (AvgIpc) is 3.22. The third-order valence-electron chi connectivity index (χ3n) is 5.44. The van der Waals surface area contributed by atoms with Crippen molar-refractivity contribution in [1.29, 1.82) is 5.26 Å². The summed E-state index contributed by atoms with van der Waals surface area (Å²) in [5.41, 5.74) is 1.64. The number of rotatable bonds is 3. The number of amides is 1. The summed E-state index contributed by atoms with van der Waals surface area (Å²) in [6.45, 7) is 1.12. The van der Waals surface area contributed by atoms with E-state index in [0.29, 0.717) is 31.7 Å². The summed E-state index contributed by atoms with van der Waals surface area (Å²) >= 11 is 0. The predicted octanol–water partition coefficient (Wildman–Crippen LogP) is 1.14. The molecule has 0 N–H and O–H groups in total. The van der Waals surface area contributed by atoms with Gasteiger partial charge in [0.15, 0.2) is 0 Å². The number of nitrogens with zero attached hydrogens (tertiary/aromatic N) is 4. The van der Waals surface area contributed by atoms with Gasteiger partial charge in [-0.1, -0.05) is 36.4 Å². The van der Waals surface area contributed by atoms with Crippen LogP contribution in [0.15, 0.2) is 46.0 Å². The van der Waals surface area contributed by atoms with E-state index in [2.05, 4.69) is 0 Å². The first-order valence-electron chi connectivity index (χ1n) is 9.39. The van der Waals surface area contributed by atoms with Crippen LogP contribution in [0.4, 0.5) is 0 Å². The Kier molecular flexibility index (Phi) is 4.70. The van der Waals surface area contributed by atoms with E-state index in [9.17, 15) is 19.6 Å². The monoisotopic (exact) mass is 376 g/mol. The summed E-state index contributed by atoms with van der Waals surface area (Å²) in [4.78, 5) is 39.6. The number of benzene rings is 1. The number of carbonyl (C=O) groups excluding carboxylic acids is 1. The Morgan fingerprint density at radius 2 is 1.89 bits per heavy atom. The quantitative estimate of drug-likeness (QED) is 0.804. The van der Waals surface area contributed by atoms with Crippen LogP contribution >= 0.6 is 0 Å². The normalized spacial score (nSPS) is 15.7. The first kappa shape index (κ1) is 18.0. The van der Waals surface area contributed by atoms with Crippen LogP contribution in [0.3, 0.4) is 0 Å². The van der Waals surface area contributed by atoms with Crippen molar-refractivity contribution in [3.63, 3.8) is 0 Å². The molecule has 0 saturated heterocycles. The third-order valence-corrected chi connectivity index (χ3v) is 5.44. The topological polar surface area (TPSA) is 88.1 Å². The fourth-order valence-corrected chi connectivity index (χ4v) is 3.93. The molecule has 4 rings (SSSR count). The van der Waals surface area contributed by atoms with Crippen molar-refractivity contribution in [1.82, 2.24) is 14.0 Å². The molecule has 1 aromatic carbocycles. The second-order valence-corrected chi connectivity index (χ2v) is 7.05. The molecule has 0 saturated carbocycles. The van der Waals surface area contributed by atoms with E-state index in [1.807, 2.05) is 42.5 Å². The van der Waals surface area contributed by atoms with Gasteiger partial charge in [-0.2, -0.15) is 5.26 Å². The van der Waals surface area contributed by atoms with E-state index in [4.69, 9.17) is 0 Å². The molecule has 7 nitrogen and oxygen atoms in total. The summed E-state index contributed by atoms with van der Waals surface area (Å²) < 4.78 is 2.36. The van der Waals surface area contributed by atoms with E-state index in [0.717, 1.165) is 23.0 Å². The van der Waals surface area contributed by atoms with E-state index in [1.54, 1.807) is 4.90 Å². The molecule has 2 aromatic rings.